The molecule has 3 unspecified atom stereocenters. The maximum Gasteiger partial charge on any atom is 0.246 e. The summed E-state index contributed by atoms with van der Waals surface area (Å²) in [6.07, 6.45) is 4.45. The number of carbonyl (C=O) groups excluding carboxylic acids is 11. The lowest BCUT2D eigenvalue weighted by molar-refractivity contribution is -0.156. The van der Waals surface area contributed by atoms with E-state index in [1.54, 1.807) is 66.4 Å². The second-order valence-corrected chi connectivity index (χ2v) is 30.0. The highest BCUT2D eigenvalue weighted by Crippen LogP contribution is 2.32. The highest BCUT2D eigenvalue weighted by molar-refractivity contribution is 5.99. The molecular formula is C81H109FN14O14. The summed E-state index contributed by atoms with van der Waals surface area (Å²) in [4.78, 5) is 168. The monoisotopic (exact) mass is 1520 g/mol. The summed E-state index contributed by atoms with van der Waals surface area (Å²) >= 11 is 0. The molecule has 1 aromatic heterocycles. The first-order chi connectivity index (χ1) is 53.0. The molecule has 2 saturated heterocycles. The molecule has 7 heterocycles. The number of unbranched alkanes of at least 4 members (excludes halogenated alkanes) is 2. The standard InChI is InChI=1S/C81H109FN14O14/c1-51-74(102)89-60(47-87-68(98)19-9-8-10-34-83-4)46-85-63-42-56-16-13-17-57(40-56)45-86-70(100)50-110-67-18-14-38-95-73(67)77(105)92-72(52(2)97)76(104)91-64(41-54-24-27-61(109-5)28-25-54)79(107)96-39-15-33-81(96,3)80(108)84-35-32-53-20-22-55(23-21-53)48-94(71(101)31-30-69(99)88-51)37-12-7-6-11-36-93-49-58(43-65(78(95)106)90-75(63)103)62-44-59(82)26-29-66(62)93/h13,16-17,20-29,40,44,49,51-52,60,63-65,67,72-73,83,85,97H,6-12,14-15,18-19,30-39,41-43,45-48,50H2,1-5H3,(H,84,108)(H,86,100)(H,87,98)(H,88,99)(H,89,102)(H,90,103)(H,91,104)(H,92,105)/t51-,52+,60-,63-,64-,65-,67?,72?,73?,81-/m0/s1. The number of nitrogens with zero attached hydrogens (tertiary/aromatic N) is 4. The van der Waals surface area contributed by atoms with Crippen LogP contribution < -0.4 is 57.9 Å². The molecule has 12 bridgehead atoms. The first-order valence-electron chi connectivity index (χ1n) is 38.9. The summed E-state index contributed by atoms with van der Waals surface area (Å²) in [5, 5.41) is 41.8. The summed E-state index contributed by atoms with van der Waals surface area (Å²) in [6.45, 7) is 5.49. The van der Waals surface area contributed by atoms with Gasteiger partial charge in [-0.3, -0.25) is 52.7 Å². The molecule has 0 spiro atoms. The Morgan fingerprint density at radius 1 is 0.718 bits per heavy atom. The van der Waals surface area contributed by atoms with Gasteiger partial charge < -0.3 is 87.0 Å². The maximum atomic E-state index is 16.4. The minimum Gasteiger partial charge on any atom is -0.497 e. The number of aliphatic hydroxyl groups excluding tert-OH is 1. The Labute approximate surface area is 641 Å². The molecule has 28 nitrogen and oxygen atoms in total. The molecule has 594 valence electrons. The van der Waals surface area contributed by atoms with Crippen LogP contribution in [0.15, 0.2) is 97.2 Å². The summed E-state index contributed by atoms with van der Waals surface area (Å²) in [7, 11) is 3.35. The van der Waals surface area contributed by atoms with Crippen LogP contribution in [-0.4, -0.2) is 216 Å². The van der Waals surface area contributed by atoms with E-state index in [1.807, 2.05) is 42.1 Å². The van der Waals surface area contributed by atoms with Crippen LogP contribution in [0, 0.1) is 5.82 Å². The number of methoxy groups -OCH3 is 1. The molecule has 6 aliphatic rings. The maximum absolute atomic E-state index is 16.4. The number of nitrogens with one attached hydrogen (secondary N) is 10. The van der Waals surface area contributed by atoms with Gasteiger partial charge in [0.15, 0.2) is 0 Å². The number of benzene rings is 4. The van der Waals surface area contributed by atoms with Gasteiger partial charge in [-0.1, -0.05) is 79.9 Å². The van der Waals surface area contributed by atoms with Crippen LogP contribution >= 0.6 is 0 Å². The minimum atomic E-state index is -1.82. The normalized spacial score (nSPS) is 25.1. The number of halogens is 1. The van der Waals surface area contributed by atoms with E-state index >= 15 is 28.4 Å². The Balaban J connectivity index is 1.08. The molecule has 6 aliphatic heterocycles. The number of rotatable bonds is 12. The molecule has 0 radical (unpaired) electrons. The number of carbonyl (C=O) groups is 11. The molecule has 11 N–H and O–H groups in total. The predicted octanol–water partition coefficient (Wildman–Crippen LogP) is 2.94. The molecule has 2 fully saturated rings. The van der Waals surface area contributed by atoms with Crippen molar-refractivity contribution in [1.29, 1.82) is 0 Å². The van der Waals surface area contributed by atoms with Crippen molar-refractivity contribution in [2.75, 3.05) is 66.6 Å². The lowest BCUT2D eigenvalue weighted by Gasteiger charge is -2.42. The average molecular weight is 1520 g/mol. The van der Waals surface area contributed by atoms with Gasteiger partial charge in [0.25, 0.3) is 0 Å². The van der Waals surface area contributed by atoms with Gasteiger partial charge in [-0.15, -0.1) is 0 Å². The van der Waals surface area contributed by atoms with Crippen molar-refractivity contribution >= 4 is 75.9 Å². The Morgan fingerprint density at radius 3 is 2.25 bits per heavy atom. The molecule has 11 amide bonds. The molecule has 10 atom stereocenters. The fourth-order valence-corrected chi connectivity index (χ4v) is 15.3. The summed E-state index contributed by atoms with van der Waals surface area (Å²) in [5.41, 5.74) is 3.21. The number of hydrogen-bond acceptors (Lipinski definition) is 16. The number of hydrogen-bond donors (Lipinski definition) is 11. The Bertz CT molecular complexity index is 4060. The minimum absolute atomic E-state index is 0.00523. The van der Waals surface area contributed by atoms with E-state index in [2.05, 4.69) is 53.2 Å². The van der Waals surface area contributed by atoms with Crippen molar-refractivity contribution in [3.63, 3.8) is 0 Å². The Morgan fingerprint density at radius 2 is 1.48 bits per heavy atom. The Hall–Kier alpha value is -9.84. The molecule has 4 aromatic carbocycles. The molecule has 110 heavy (non-hydrogen) atoms. The van der Waals surface area contributed by atoms with E-state index in [0.29, 0.717) is 96.9 Å². The second-order valence-electron chi connectivity index (χ2n) is 30.0. The largest absolute Gasteiger partial charge is 0.497 e. The van der Waals surface area contributed by atoms with Gasteiger partial charge in [-0.25, -0.2) is 4.39 Å². The Kier molecular flexibility index (Phi) is 29.8. The zero-order valence-electron chi connectivity index (χ0n) is 63.9. The van der Waals surface area contributed by atoms with Crippen molar-refractivity contribution in [1.82, 2.24) is 72.4 Å². The van der Waals surface area contributed by atoms with E-state index in [1.165, 1.54) is 42.9 Å². The van der Waals surface area contributed by atoms with Crippen LogP contribution in [-0.2, 0) is 103 Å². The number of aromatic nitrogens is 1. The topological polar surface area (TPSA) is 361 Å². The quantitative estimate of drug-likeness (QED) is 0.0800. The van der Waals surface area contributed by atoms with Gasteiger partial charge in [0.05, 0.1) is 31.4 Å². The second kappa shape index (κ2) is 39.7. The van der Waals surface area contributed by atoms with Crippen LogP contribution in [0.1, 0.15) is 144 Å². The van der Waals surface area contributed by atoms with Gasteiger partial charge in [0, 0.05) is 108 Å². The van der Waals surface area contributed by atoms with Gasteiger partial charge in [0.2, 0.25) is 65.0 Å². The lowest BCUT2D eigenvalue weighted by Crippen LogP contribution is -2.66. The van der Waals surface area contributed by atoms with Gasteiger partial charge in [0.1, 0.15) is 53.9 Å². The van der Waals surface area contributed by atoms with Crippen molar-refractivity contribution < 1.29 is 71.7 Å². The van der Waals surface area contributed by atoms with Crippen LogP contribution in [0.25, 0.3) is 10.9 Å². The van der Waals surface area contributed by atoms with Crippen molar-refractivity contribution in [2.24, 2.45) is 0 Å². The fourth-order valence-electron chi connectivity index (χ4n) is 15.3. The third-order valence-corrected chi connectivity index (χ3v) is 21.6. The molecule has 29 heteroatoms. The summed E-state index contributed by atoms with van der Waals surface area (Å²) in [6, 6.07) is 16.1. The number of amides is 11. The third-order valence-electron chi connectivity index (χ3n) is 21.6. The van der Waals surface area contributed by atoms with Gasteiger partial charge >= 0.3 is 0 Å². The van der Waals surface area contributed by atoms with E-state index in [9.17, 15) is 33.9 Å². The van der Waals surface area contributed by atoms with Crippen molar-refractivity contribution in [3.8, 4) is 5.75 Å². The number of aryl methyl sites for hydroxylation is 1. The van der Waals surface area contributed by atoms with Crippen molar-refractivity contribution in [3.05, 3.63) is 136 Å². The zero-order chi connectivity index (χ0) is 78.4. The highest BCUT2D eigenvalue weighted by atomic mass is 19.1. The van der Waals surface area contributed by atoms with Crippen LogP contribution in [0.2, 0.25) is 0 Å². The number of ether oxygens (including phenoxy) is 2. The first-order valence-corrected chi connectivity index (χ1v) is 38.9. The summed E-state index contributed by atoms with van der Waals surface area (Å²) < 4.78 is 29.6. The predicted molar refractivity (Wildman–Crippen MR) is 409 cm³/mol. The fraction of sp³-hybridized carbons (Fsp3) is 0.543. The number of fused-ring (bicyclic) bond motifs is 16. The highest BCUT2D eigenvalue weighted by Gasteiger charge is 2.49. The SMILES string of the molecule is CNCCCCCC(=O)NC[C@@H]1CN[C@H]2Cc3cccc(c3)CNC(=O)COC3CCCN4C(=O)[C@H](Cc5cn(c6ccc(F)cc56)CCCCCCN(Cc5ccc(cc5)CCNC(=O)[C@]5(C)CCCN5C(=O)[C@H](Cc5ccc(OC)cc5)NC(=O)C([C@@H](C)O)NC(=O)C34)C(=O)CCC(=O)N[C@@H](C)C(=O)N1)NC2=O. The van der Waals surface area contributed by atoms with Crippen LogP contribution in [0.3, 0.4) is 0 Å². The van der Waals surface area contributed by atoms with E-state index in [4.69, 9.17) is 9.47 Å². The molecule has 0 saturated carbocycles. The lowest BCUT2D eigenvalue weighted by atomic mass is 9.94. The van der Waals surface area contributed by atoms with Crippen LogP contribution in [0.4, 0.5) is 4.39 Å². The molecule has 5 aromatic rings. The average Bonchev–Trinajstić information content (AvgIpc) is 1.09. The number of piperidine rings is 1. The first kappa shape index (κ1) is 82.6. The molecular weight excluding hydrogens is 1410 g/mol. The summed E-state index contributed by atoms with van der Waals surface area (Å²) in [5.74, 6) is -6.98. The molecule has 11 rings (SSSR count). The van der Waals surface area contributed by atoms with Crippen LogP contribution in [0.5, 0.6) is 5.75 Å². The zero-order valence-corrected chi connectivity index (χ0v) is 63.9. The molecule has 0 aliphatic carbocycles. The van der Waals surface area contributed by atoms with Gasteiger partial charge in [-0.05, 0) is 162 Å². The van der Waals surface area contributed by atoms with E-state index in [-0.39, 0.29) is 115 Å². The third kappa shape index (κ3) is 22.5. The smallest absolute Gasteiger partial charge is 0.246 e. The van der Waals surface area contributed by atoms with Crippen molar-refractivity contribution in [2.45, 2.75) is 216 Å². The van der Waals surface area contributed by atoms with Gasteiger partial charge in [-0.2, -0.15) is 0 Å². The van der Waals surface area contributed by atoms with E-state index < -0.39 is 126 Å². The number of aliphatic hydroxyl groups is 1. The van der Waals surface area contributed by atoms with E-state index in [0.717, 1.165) is 30.5 Å².